The highest BCUT2D eigenvalue weighted by atomic mass is 35.5. The highest BCUT2D eigenvalue weighted by molar-refractivity contribution is 6.32. The highest BCUT2D eigenvalue weighted by Gasteiger charge is 2.61. The molecule has 5 heteroatoms. The predicted molar refractivity (Wildman–Crippen MR) is 84.7 cm³/mol. The number of nitrogens with zero attached hydrogens (tertiary/aromatic N) is 1. The molecule has 0 heterocycles. The number of hydrogen-bond donors (Lipinski definition) is 1. The van der Waals surface area contributed by atoms with Gasteiger partial charge in [0.15, 0.2) is 0 Å². The second kappa shape index (κ2) is 4.60. The van der Waals surface area contributed by atoms with Gasteiger partial charge >= 0.3 is 0 Å². The lowest BCUT2D eigenvalue weighted by molar-refractivity contribution is -0.384. The minimum absolute atomic E-state index is 0.0331. The standard InChI is InChI=1S/C16H21ClN2O2/c1-15(2)10-6-7-16(15,3)14(8-10)18-11-4-5-12(17)13(9-11)19(20)21/h4-5,9-10,14,18H,6-8H2,1-3H3. The Labute approximate surface area is 130 Å². The molecular weight excluding hydrogens is 288 g/mol. The first-order valence-electron chi connectivity index (χ1n) is 7.46. The maximum atomic E-state index is 11.0. The maximum absolute atomic E-state index is 11.0. The Morgan fingerprint density at radius 3 is 2.62 bits per heavy atom. The largest absolute Gasteiger partial charge is 0.382 e. The van der Waals surface area contributed by atoms with Crippen molar-refractivity contribution in [2.45, 2.75) is 46.1 Å². The Bertz CT molecular complexity index is 602. The van der Waals surface area contributed by atoms with Crippen molar-refractivity contribution < 1.29 is 4.92 Å². The van der Waals surface area contributed by atoms with Crippen LogP contribution in [0, 0.1) is 26.9 Å². The van der Waals surface area contributed by atoms with Crippen molar-refractivity contribution in [3.8, 4) is 0 Å². The summed E-state index contributed by atoms with van der Waals surface area (Å²) in [4.78, 5) is 10.6. The number of rotatable bonds is 3. The Hall–Kier alpha value is -1.29. The number of hydrogen-bond acceptors (Lipinski definition) is 3. The van der Waals surface area contributed by atoms with E-state index in [2.05, 4.69) is 26.1 Å². The van der Waals surface area contributed by atoms with Gasteiger partial charge in [-0.2, -0.15) is 0 Å². The molecular formula is C16H21ClN2O2. The van der Waals surface area contributed by atoms with Crippen LogP contribution in [0.1, 0.15) is 40.0 Å². The molecule has 1 N–H and O–H groups in total. The van der Waals surface area contributed by atoms with Crippen LogP contribution in [0.3, 0.4) is 0 Å². The van der Waals surface area contributed by atoms with E-state index in [-0.39, 0.29) is 16.1 Å². The Morgan fingerprint density at radius 2 is 2.10 bits per heavy atom. The fourth-order valence-corrected chi connectivity index (χ4v) is 4.55. The van der Waals surface area contributed by atoms with E-state index in [0.717, 1.165) is 18.0 Å². The molecule has 1 aromatic rings. The molecule has 0 spiro atoms. The number of nitrogens with one attached hydrogen (secondary N) is 1. The van der Waals surface area contributed by atoms with E-state index in [1.54, 1.807) is 12.1 Å². The molecule has 3 rings (SSSR count). The number of benzene rings is 1. The Balaban J connectivity index is 1.86. The molecule has 21 heavy (non-hydrogen) atoms. The second-order valence-electron chi connectivity index (χ2n) is 7.23. The summed E-state index contributed by atoms with van der Waals surface area (Å²) in [6, 6.07) is 5.34. The molecule has 2 bridgehead atoms. The molecule has 3 unspecified atom stereocenters. The van der Waals surface area contributed by atoms with Crippen LogP contribution < -0.4 is 5.32 Å². The van der Waals surface area contributed by atoms with Crippen molar-refractivity contribution in [2.24, 2.45) is 16.7 Å². The molecule has 4 nitrogen and oxygen atoms in total. The van der Waals surface area contributed by atoms with Gasteiger partial charge in [-0.15, -0.1) is 0 Å². The number of fused-ring (bicyclic) bond motifs is 2. The van der Waals surface area contributed by atoms with Gasteiger partial charge in [-0.05, 0) is 48.1 Å². The van der Waals surface area contributed by atoms with Gasteiger partial charge in [-0.25, -0.2) is 0 Å². The van der Waals surface area contributed by atoms with Gasteiger partial charge in [0.2, 0.25) is 0 Å². The van der Waals surface area contributed by atoms with Crippen LogP contribution in [0.5, 0.6) is 0 Å². The zero-order chi connectivity index (χ0) is 15.4. The lowest BCUT2D eigenvalue weighted by Crippen LogP contribution is -2.40. The van der Waals surface area contributed by atoms with Crippen molar-refractivity contribution in [3.63, 3.8) is 0 Å². The van der Waals surface area contributed by atoms with E-state index >= 15 is 0 Å². The third kappa shape index (κ3) is 2.03. The van der Waals surface area contributed by atoms with Gasteiger partial charge in [0.05, 0.1) is 4.92 Å². The number of nitro groups is 1. The minimum Gasteiger partial charge on any atom is -0.382 e. The lowest BCUT2D eigenvalue weighted by atomic mass is 9.69. The predicted octanol–water partition coefficient (Wildman–Crippen LogP) is 4.87. The van der Waals surface area contributed by atoms with Crippen molar-refractivity contribution in [1.82, 2.24) is 0 Å². The average Bonchev–Trinajstić information content (AvgIpc) is 2.74. The quantitative estimate of drug-likeness (QED) is 0.640. The fraction of sp³-hybridized carbons (Fsp3) is 0.625. The lowest BCUT2D eigenvalue weighted by Gasteiger charge is -2.39. The van der Waals surface area contributed by atoms with E-state index in [9.17, 15) is 10.1 Å². The van der Waals surface area contributed by atoms with Crippen LogP contribution in [0.25, 0.3) is 0 Å². The SMILES string of the molecule is CC1(C)C2CCC1(C)C(Nc1ccc(Cl)c([N+](=O)[O-])c1)C2. The van der Waals surface area contributed by atoms with Crippen LogP contribution in [-0.2, 0) is 0 Å². The topological polar surface area (TPSA) is 55.2 Å². The maximum Gasteiger partial charge on any atom is 0.289 e. The van der Waals surface area contributed by atoms with E-state index < -0.39 is 4.92 Å². The molecule has 0 radical (unpaired) electrons. The molecule has 2 saturated carbocycles. The molecule has 1 aromatic carbocycles. The van der Waals surface area contributed by atoms with Gasteiger partial charge < -0.3 is 5.32 Å². The summed E-state index contributed by atoms with van der Waals surface area (Å²) in [5.74, 6) is 0.738. The van der Waals surface area contributed by atoms with Crippen molar-refractivity contribution in [3.05, 3.63) is 33.3 Å². The molecule has 2 fully saturated rings. The second-order valence-corrected chi connectivity index (χ2v) is 7.64. The summed E-state index contributed by atoms with van der Waals surface area (Å²) >= 11 is 5.87. The van der Waals surface area contributed by atoms with Crippen LogP contribution in [0.4, 0.5) is 11.4 Å². The summed E-state index contributed by atoms with van der Waals surface area (Å²) in [6.07, 6.45) is 3.65. The molecule has 0 aromatic heterocycles. The number of anilines is 1. The van der Waals surface area contributed by atoms with Crippen molar-refractivity contribution in [1.29, 1.82) is 0 Å². The summed E-state index contributed by atoms with van der Waals surface area (Å²) in [6.45, 7) is 7.06. The normalized spacial score (nSPS) is 33.1. The van der Waals surface area contributed by atoms with Gasteiger partial charge in [0, 0.05) is 17.8 Å². The summed E-state index contributed by atoms with van der Waals surface area (Å²) < 4.78 is 0. The minimum atomic E-state index is -0.431. The fourth-order valence-electron chi connectivity index (χ4n) is 4.37. The van der Waals surface area contributed by atoms with E-state index in [1.807, 2.05) is 6.07 Å². The van der Waals surface area contributed by atoms with Crippen molar-refractivity contribution in [2.75, 3.05) is 5.32 Å². The summed E-state index contributed by atoms with van der Waals surface area (Å²) in [5.41, 5.74) is 1.32. The summed E-state index contributed by atoms with van der Waals surface area (Å²) in [5, 5.41) is 14.7. The number of halogens is 1. The summed E-state index contributed by atoms with van der Waals surface area (Å²) in [7, 11) is 0. The van der Waals surface area contributed by atoms with E-state index in [0.29, 0.717) is 11.5 Å². The van der Waals surface area contributed by atoms with E-state index in [4.69, 9.17) is 11.6 Å². The van der Waals surface area contributed by atoms with Crippen LogP contribution in [0.2, 0.25) is 5.02 Å². The molecule has 0 aliphatic heterocycles. The average molecular weight is 309 g/mol. The molecule has 0 amide bonds. The highest BCUT2D eigenvalue weighted by Crippen LogP contribution is 2.65. The van der Waals surface area contributed by atoms with Gasteiger partial charge in [-0.1, -0.05) is 32.4 Å². The van der Waals surface area contributed by atoms with Crippen molar-refractivity contribution >= 4 is 23.0 Å². The van der Waals surface area contributed by atoms with Gasteiger partial charge in [0.25, 0.3) is 5.69 Å². The molecule has 2 aliphatic carbocycles. The third-order valence-corrected chi connectivity index (χ3v) is 6.60. The Kier molecular flexibility index (Phi) is 3.21. The monoisotopic (exact) mass is 308 g/mol. The zero-order valence-corrected chi connectivity index (χ0v) is 13.4. The smallest absolute Gasteiger partial charge is 0.289 e. The van der Waals surface area contributed by atoms with E-state index in [1.165, 1.54) is 12.8 Å². The first kappa shape index (κ1) is 14.6. The number of nitro benzene ring substituents is 1. The first-order chi connectivity index (χ1) is 9.75. The third-order valence-electron chi connectivity index (χ3n) is 6.28. The van der Waals surface area contributed by atoms with Crippen LogP contribution >= 0.6 is 11.6 Å². The van der Waals surface area contributed by atoms with Crippen LogP contribution in [-0.4, -0.2) is 11.0 Å². The van der Waals surface area contributed by atoms with Gasteiger partial charge in [-0.3, -0.25) is 10.1 Å². The molecule has 3 atom stereocenters. The van der Waals surface area contributed by atoms with Gasteiger partial charge in [0.1, 0.15) is 5.02 Å². The first-order valence-corrected chi connectivity index (χ1v) is 7.84. The van der Waals surface area contributed by atoms with Crippen LogP contribution in [0.15, 0.2) is 18.2 Å². The zero-order valence-electron chi connectivity index (χ0n) is 12.6. The molecule has 114 valence electrons. The molecule has 2 aliphatic rings. The molecule has 0 saturated heterocycles. The Morgan fingerprint density at radius 1 is 1.38 bits per heavy atom.